The summed E-state index contributed by atoms with van der Waals surface area (Å²) in [6, 6.07) is 0. The van der Waals surface area contributed by atoms with Crippen LogP contribution in [0.1, 0.15) is 43.8 Å². The summed E-state index contributed by atoms with van der Waals surface area (Å²) in [7, 11) is 0. The highest BCUT2D eigenvalue weighted by Crippen LogP contribution is 2.19. The van der Waals surface area contributed by atoms with E-state index in [4.69, 9.17) is 0 Å². The van der Waals surface area contributed by atoms with E-state index in [-0.39, 0.29) is 11.8 Å². The van der Waals surface area contributed by atoms with Gasteiger partial charge in [-0.1, -0.05) is 13.8 Å². The molecule has 0 saturated carbocycles. The van der Waals surface area contributed by atoms with E-state index in [1.807, 2.05) is 15.2 Å². The zero-order valence-corrected chi connectivity index (χ0v) is 13.8. The molecule has 0 bridgehead atoms. The Bertz CT molecular complexity index is 513. The molecule has 6 heteroatoms. The Hall–Kier alpha value is -1.43. The van der Waals surface area contributed by atoms with Gasteiger partial charge in [-0.25, -0.2) is 4.98 Å². The standard InChI is InChI=1S/C15H23N3O2S/c1-11(2)15-16-13(10-21-15)9-14(20)18-6-4-5-17(7-8-18)12(3)19/h10-11H,4-9H2,1-3H3. The number of amides is 2. The molecule has 0 aliphatic carbocycles. The molecule has 0 aromatic carbocycles. The molecule has 0 atom stereocenters. The smallest absolute Gasteiger partial charge is 0.228 e. The Morgan fingerprint density at radius 1 is 1.24 bits per heavy atom. The highest BCUT2D eigenvalue weighted by atomic mass is 32.1. The third kappa shape index (κ3) is 4.27. The summed E-state index contributed by atoms with van der Waals surface area (Å²) in [5.74, 6) is 0.604. The van der Waals surface area contributed by atoms with Crippen molar-refractivity contribution in [1.29, 1.82) is 0 Å². The average molecular weight is 309 g/mol. The lowest BCUT2D eigenvalue weighted by Crippen LogP contribution is -2.37. The van der Waals surface area contributed by atoms with Crippen LogP contribution in [0.15, 0.2) is 5.38 Å². The van der Waals surface area contributed by atoms with Crippen LogP contribution in [-0.2, 0) is 16.0 Å². The van der Waals surface area contributed by atoms with Gasteiger partial charge < -0.3 is 9.80 Å². The highest BCUT2D eigenvalue weighted by Gasteiger charge is 2.21. The van der Waals surface area contributed by atoms with Crippen molar-refractivity contribution in [3.05, 3.63) is 16.1 Å². The fraction of sp³-hybridized carbons (Fsp3) is 0.667. The van der Waals surface area contributed by atoms with E-state index in [9.17, 15) is 9.59 Å². The van der Waals surface area contributed by atoms with Gasteiger partial charge in [-0.05, 0) is 6.42 Å². The molecule has 1 aromatic heterocycles. The number of rotatable bonds is 3. The molecular formula is C15H23N3O2S. The van der Waals surface area contributed by atoms with E-state index in [2.05, 4.69) is 18.8 Å². The normalized spacial score (nSPS) is 16.2. The molecular weight excluding hydrogens is 286 g/mol. The van der Waals surface area contributed by atoms with Crippen LogP contribution in [0.5, 0.6) is 0 Å². The van der Waals surface area contributed by atoms with Crippen LogP contribution < -0.4 is 0 Å². The van der Waals surface area contributed by atoms with E-state index >= 15 is 0 Å². The second kappa shape index (κ2) is 7.02. The van der Waals surface area contributed by atoms with Crippen LogP contribution in [0.3, 0.4) is 0 Å². The molecule has 5 nitrogen and oxygen atoms in total. The van der Waals surface area contributed by atoms with Crippen LogP contribution in [0.25, 0.3) is 0 Å². The Kier molecular flexibility index (Phi) is 5.33. The van der Waals surface area contributed by atoms with E-state index in [0.29, 0.717) is 25.4 Å². The summed E-state index contributed by atoms with van der Waals surface area (Å²) < 4.78 is 0. The fourth-order valence-electron chi connectivity index (χ4n) is 2.42. The number of hydrogen-bond donors (Lipinski definition) is 0. The fourth-order valence-corrected chi connectivity index (χ4v) is 3.25. The number of carbonyl (C=O) groups is 2. The molecule has 0 radical (unpaired) electrons. The Balaban J connectivity index is 1.92. The topological polar surface area (TPSA) is 53.5 Å². The van der Waals surface area contributed by atoms with Crippen molar-refractivity contribution in [2.75, 3.05) is 26.2 Å². The number of aromatic nitrogens is 1. The molecule has 1 saturated heterocycles. The van der Waals surface area contributed by atoms with Gasteiger partial charge in [0.25, 0.3) is 0 Å². The zero-order chi connectivity index (χ0) is 15.4. The summed E-state index contributed by atoms with van der Waals surface area (Å²) in [6.07, 6.45) is 1.21. The number of nitrogens with zero attached hydrogens (tertiary/aromatic N) is 3. The molecule has 0 spiro atoms. The van der Waals surface area contributed by atoms with Crippen molar-refractivity contribution in [2.45, 2.75) is 39.5 Å². The van der Waals surface area contributed by atoms with E-state index in [1.54, 1.807) is 18.3 Å². The minimum Gasteiger partial charge on any atom is -0.341 e. The second-order valence-corrected chi connectivity index (χ2v) is 6.64. The van der Waals surface area contributed by atoms with Gasteiger partial charge in [-0.2, -0.15) is 0 Å². The van der Waals surface area contributed by atoms with Gasteiger partial charge >= 0.3 is 0 Å². The summed E-state index contributed by atoms with van der Waals surface area (Å²) in [5, 5.41) is 3.06. The summed E-state index contributed by atoms with van der Waals surface area (Å²) in [4.78, 5) is 32.0. The van der Waals surface area contributed by atoms with Crippen molar-refractivity contribution < 1.29 is 9.59 Å². The third-order valence-electron chi connectivity index (χ3n) is 3.69. The SMILES string of the molecule is CC(=O)N1CCCN(C(=O)Cc2csc(C(C)C)n2)CC1. The lowest BCUT2D eigenvalue weighted by molar-refractivity contribution is -0.132. The van der Waals surface area contributed by atoms with Crippen LogP contribution >= 0.6 is 11.3 Å². The molecule has 1 fully saturated rings. The average Bonchev–Trinajstić information content (AvgIpc) is 2.74. The molecule has 21 heavy (non-hydrogen) atoms. The van der Waals surface area contributed by atoms with Crippen LogP contribution in [0.4, 0.5) is 0 Å². The summed E-state index contributed by atoms with van der Waals surface area (Å²) >= 11 is 1.62. The van der Waals surface area contributed by atoms with E-state index in [1.165, 1.54) is 0 Å². The maximum atomic E-state index is 12.4. The molecule has 0 unspecified atom stereocenters. The largest absolute Gasteiger partial charge is 0.341 e. The van der Waals surface area contributed by atoms with Crippen molar-refractivity contribution >= 4 is 23.2 Å². The maximum Gasteiger partial charge on any atom is 0.228 e. The predicted octanol–water partition coefficient (Wildman–Crippen LogP) is 1.89. The Morgan fingerprint density at radius 3 is 2.52 bits per heavy atom. The lowest BCUT2D eigenvalue weighted by Gasteiger charge is -2.21. The van der Waals surface area contributed by atoms with Crippen molar-refractivity contribution in [1.82, 2.24) is 14.8 Å². The van der Waals surface area contributed by atoms with Crippen molar-refractivity contribution in [3.63, 3.8) is 0 Å². The zero-order valence-electron chi connectivity index (χ0n) is 13.0. The first-order chi connectivity index (χ1) is 9.97. The monoisotopic (exact) mass is 309 g/mol. The Morgan fingerprint density at radius 2 is 1.90 bits per heavy atom. The second-order valence-electron chi connectivity index (χ2n) is 5.75. The minimum atomic E-state index is 0.0883. The molecule has 1 aromatic rings. The first-order valence-electron chi connectivity index (χ1n) is 7.45. The van der Waals surface area contributed by atoms with Crippen LogP contribution in [0, 0.1) is 0 Å². The molecule has 2 rings (SSSR count). The van der Waals surface area contributed by atoms with Gasteiger partial charge in [0.15, 0.2) is 0 Å². The molecule has 116 valence electrons. The maximum absolute atomic E-state index is 12.4. The van der Waals surface area contributed by atoms with E-state index < -0.39 is 0 Å². The van der Waals surface area contributed by atoms with Crippen molar-refractivity contribution in [3.8, 4) is 0 Å². The van der Waals surface area contributed by atoms with Crippen LogP contribution in [0.2, 0.25) is 0 Å². The molecule has 0 N–H and O–H groups in total. The third-order valence-corrected chi connectivity index (χ3v) is 4.88. The summed E-state index contributed by atoms with van der Waals surface area (Å²) in [6.45, 7) is 8.53. The number of carbonyl (C=O) groups excluding carboxylic acids is 2. The van der Waals surface area contributed by atoms with Crippen LogP contribution in [-0.4, -0.2) is 52.8 Å². The lowest BCUT2D eigenvalue weighted by atomic mass is 10.2. The van der Waals surface area contributed by atoms with Gasteiger partial charge in [-0.15, -0.1) is 11.3 Å². The predicted molar refractivity (Wildman–Crippen MR) is 83.4 cm³/mol. The molecule has 2 amide bonds. The van der Waals surface area contributed by atoms with Gasteiger partial charge in [0.2, 0.25) is 11.8 Å². The number of hydrogen-bond acceptors (Lipinski definition) is 4. The molecule has 2 heterocycles. The number of thiazole rings is 1. The van der Waals surface area contributed by atoms with E-state index in [0.717, 1.165) is 30.2 Å². The van der Waals surface area contributed by atoms with Gasteiger partial charge in [-0.3, -0.25) is 9.59 Å². The van der Waals surface area contributed by atoms with Crippen molar-refractivity contribution in [2.24, 2.45) is 0 Å². The van der Waals surface area contributed by atoms with Gasteiger partial charge in [0.05, 0.1) is 17.1 Å². The minimum absolute atomic E-state index is 0.0883. The Labute approximate surface area is 130 Å². The highest BCUT2D eigenvalue weighted by molar-refractivity contribution is 7.09. The molecule has 1 aliphatic heterocycles. The summed E-state index contributed by atoms with van der Waals surface area (Å²) in [5.41, 5.74) is 0.862. The van der Waals surface area contributed by atoms with Gasteiger partial charge in [0.1, 0.15) is 0 Å². The quantitative estimate of drug-likeness (QED) is 0.857. The first kappa shape index (κ1) is 15.9. The first-order valence-corrected chi connectivity index (χ1v) is 8.33. The molecule has 1 aliphatic rings. The van der Waals surface area contributed by atoms with Gasteiger partial charge in [0, 0.05) is 44.4 Å².